The number of ether oxygens (including phenoxy) is 1. The van der Waals surface area contributed by atoms with E-state index in [9.17, 15) is 4.79 Å². The molecule has 0 atom stereocenters. The summed E-state index contributed by atoms with van der Waals surface area (Å²) in [6, 6.07) is 18.2. The highest BCUT2D eigenvalue weighted by Crippen LogP contribution is 2.29. The third-order valence-electron chi connectivity index (χ3n) is 3.69. The zero-order chi connectivity index (χ0) is 15.4. The molecule has 0 aliphatic heterocycles. The minimum absolute atomic E-state index is 0.228. The van der Waals surface area contributed by atoms with E-state index in [2.05, 4.69) is 15.9 Å². The highest BCUT2D eigenvalue weighted by atomic mass is 79.9. The van der Waals surface area contributed by atoms with Gasteiger partial charge in [-0.05, 0) is 36.1 Å². The maximum atomic E-state index is 12.4. The number of rotatable bonds is 5. The molecule has 2 aromatic rings. The van der Waals surface area contributed by atoms with Gasteiger partial charge in [0.2, 0.25) is 0 Å². The highest BCUT2D eigenvalue weighted by Gasteiger charge is 2.33. The van der Waals surface area contributed by atoms with Crippen molar-refractivity contribution in [1.82, 2.24) is 4.90 Å². The van der Waals surface area contributed by atoms with Crippen LogP contribution in [0.1, 0.15) is 24.0 Å². The molecular formula is C18H18BrNO2. The van der Waals surface area contributed by atoms with Gasteiger partial charge in [0.1, 0.15) is 6.61 Å². The lowest BCUT2D eigenvalue weighted by Crippen LogP contribution is -2.33. The molecule has 0 heterocycles. The van der Waals surface area contributed by atoms with Crippen molar-refractivity contribution in [3.05, 3.63) is 70.2 Å². The quantitative estimate of drug-likeness (QED) is 0.770. The predicted octanol–water partition coefficient (Wildman–Crippen LogP) is 4.75. The van der Waals surface area contributed by atoms with Crippen LogP contribution in [0.4, 0.5) is 4.79 Å². The summed E-state index contributed by atoms with van der Waals surface area (Å²) in [7, 11) is 0. The Morgan fingerprint density at radius 1 is 1.05 bits per heavy atom. The summed E-state index contributed by atoms with van der Waals surface area (Å²) < 4.78 is 6.51. The van der Waals surface area contributed by atoms with Gasteiger partial charge < -0.3 is 9.64 Å². The molecule has 0 aromatic heterocycles. The lowest BCUT2D eigenvalue weighted by atomic mass is 10.2. The van der Waals surface area contributed by atoms with Crippen LogP contribution in [0, 0.1) is 0 Å². The number of nitrogens with zero attached hydrogens (tertiary/aromatic N) is 1. The van der Waals surface area contributed by atoms with Gasteiger partial charge in [0.15, 0.2) is 0 Å². The van der Waals surface area contributed by atoms with Gasteiger partial charge in [-0.3, -0.25) is 0 Å². The smallest absolute Gasteiger partial charge is 0.410 e. The van der Waals surface area contributed by atoms with Gasteiger partial charge in [0, 0.05) is 17.1 Å². The highest BCUT2D eigenvalue weighted by molar-refractivity contribution is 9.10. The van der Waals surface area contributed by atoms with E-state index in [1.165, 1.54) is 0 Å². The second kappa shape index (κ2) is 6.97. The number of hydrogen-bond donors (Lipinski definition) is 0. The standard InChI is InChI=1S/C18H18BrNO2/c19-16-8-6-14(7-9-16)12-20(17-10-11-17)18(21)22-13-15-4-2-1-3-5-15/h1-9,17H,10-13H2. The molecule has 0 N–H and O–H groups in total. The third-order valence-corrected chi connectivity index (χ3v) is 4.22. The van der Waals surface area contributed by atoms with Crippen LogP contribution >= 0.6 is 15.9 Å². The SMILES string of the molecule is O=C(OCc1ccccc1)N(Cc1ccc(Br)cc1)C1CC1. The molecule has 1 saturated carbocycles. The molecule has 0 saturated heterocycles. The Labute approximate surface area is 139 Å². The van der Waals surface area contributed by atoms with Crippen LogP contribution in [0.5, 0.6) is 0 Å². The van der Waals surface area contributed by atoms with E-state index in [4.69, 9.17) is 4.74 Å². The van der Waals surface area contributed by atoms with E-state index in [0.717, 1.165) is 28.4 Å². The van der Waals surface area contributed by atoms with E-state index in [1.54, 1.807) is 0 Å². The number of carbonyl (C=O) groups is 1. The minimum Gasteiger partial charge on any atom is -0.445 e. The van der Waals surface area contributed by atoms with Crippen LogP contribution in [0.3, 0.4) is 0 Å². The van der Waals surface area contributed by atoms with E-state index < -0.39 is 0 Å². The second-order valence-electron chi connectivity index (χ2n) is 5.53. The molecule has 114 valence electrons. The van der Waals surface area contributed by atoms with Crippen molar-refractivity contribution in [3.63, 3.8) is 0 Å². The van der Waals surface area contributed by atoms with Crippen LogP contribution < -0.4 is 0 Å². The topological polar surface area (TPSA) is 29.5 Å². The number of amides is 1. The first-order valence-corrected chi connectivity index (χ1v) is 8.23. The third kappa shape index (κ3) is 4.10. The molecular weight excluding hydrogens is 342 g/mol. The average molecular weight is 360 g/mol. The summed E-state index contributed by atoms with van der Waals surface area (Å²) in [5, 5.41) is 0. The van der Waals surface area contributed by atoms with Crippen LogP contribution in [0.15, 0.2) is 59.1 Å². The maximum absolute atomic E-state index is 12.4. The first-order chi connectivity index (χ1) is 10.7. The Morgan fingerprint density at radius 3 is 2.36 bits per heavy atom. The van der Waals surface area contributed by atoms with Crippen LogP contribution in [-0.4, -0.2) is 17.0 Å². The molecule has 0 unspecified atom stereocenters. The summed E-state index contributed by atoms with van der Waals surface area (Å²) in [6.07, 6.45) is 1.91. The number of benzene rings is 2. The molecule has 1 aliphatic rings. The summed E-state index contributed by atoms with van der Waals surface area (Å²) >= 11 is 3.43. The van der Waals surface area contributed by atoms with Gasteiger partial charge in [-0.15, -0.1) is 0 Å². The first-order valence-electron chi connectivity index (χ1n) is 7.44. The Balaban J connectivity index is 1.61. The van der Waals surface area contributed by atoms with E-state index in [1.807, 2.05) is 59.5 Å². The van der Waals surface area contributed by atoms with Gasteiger partial charge in [0.05, 0.1) is 0 Å². The van der Waals surface area contributed by atoms with E-state index >= 15 is 0 Å². The Hall–Kier alpha value is -1.81. The van der Waals surface area contributed by atoms with Crippen molar-refractivity contribution >= 4 is 22.0 Å². The molecule has 0 radical (unpaired) electrons. The van der Waals surface area contributed by atoms with Gasteiger partial charge >= 0.3 is 6.09 Å². The lowest BCUT2D eigenvalue weighted by Gasteiger charge is -2.22. The summed E-state index contributed by atoms with van der Waals surface area (Å²) in [5.74, 6) is 0. The van der Waals surface area contributed by atoms with Crippen LogP contribution in [0.25, 0.3) is 0 Å². The Morgan fingerprint density at radius 2 is 1.73 bits per heavy atom. The number of halogens is 1. The summed E-state index contributed by atoms with van der Waals surface area (Å²) in [4.78, 5) is 14.2. The van der Waals surface area contributed by atoms with Crippen molar-refractivity contribution in [1.29, 1.82) is 0 Å². The van der Waals surface area contributed by atoms with Crippen molar-refractivity contribution in [2.75, 3.05) is 0 Å². The van der Waals surface area contributed by atoms with Gasteiger partial charge in [-0.1, -0.05) is 58.4 Å². The molecule has 4 heteroatoms. The predicted molar refractivity (Wildman–Crippen MR) is 89.3 cm³/mol. The van der Waals surface area contributed by atoms with E-state index in [-0.39, 0.29) is 6.09 Å². The molecule has 0 spiro atoms. The van der Waals surface area contributed by atoms with Gasteiger partial charge in [-0.2, -0.15) is 0 Å². The molecule has 3 rings (SSSR count). The second-order valence-corrected chi connectivity index (χ2v) is 6.44. The molecule has 3 nitrogen and oxygen atoms in total. The normalized spacial score (nSPS) is 13.7. The van der Waals surface area contributed by atoms with Crippen molar-refractivity contribution in [2.45, 2.75) is 32.0 Å². The van der Waals surface area contributed by atoms with Gasteiger partial charge in [-0.25, -0.2) is 4.79 Å². The van der Waals surface area contributed by atoms with E-state index in [0.29, 0.717) is 19.2 Å². The summed E-state index contributed by atoms with van der Waals surface area (Å²) in [5.41, 5.74) is 2.13. The monoisotopic (exact) mass is 359 g/mol. The van der Waals surface area contributed by atoms with Gasteiger partial charge in [0.25, 0.3) is 0 Å². The fourth-order valence-electron chi connectivity index (χ4n) is 2.32. The lowest BCUT2D eigenvalue weighted by molar-refractivity contribution is 0.0909. The Kier molecular flexibility index (Phi) is 4.78. The van der Waals surface area contributed by atoms with Crippen molar-refractivity contribution in [2.24, 2.45) is 0 Å². The fourth-order valence-corrected chi connectivity index (χ4v) is 2.58. The van der Waals surface area contributed by atoms with Crippen LogP contribution in [0.2, 0.25) is 0 Å². The first kappa shape index (κ1) is 15.1. The molecule has 1 amide bonds. The molecule has 1 aliphatic carbocycles. The minimum atomic E-state index is -0.228. The van der Waals surface area contributed by atoms with Crippen molar-refractivity contribution < 1.29 is 9.53 Å². The summed E-state index contributed by atoms with van der Waals surface area (Å²) in [6.45, 7) is 0.925. The molecule has 0 bridgehead atoms. The fraction of sp³-hybridized carbons (Fsp3) is 0.278. The zero-order valence-corrected chi connectivity index (χ0v) is 13.8. The maximum Gasteiger partial charge on any atom is 0.410 e. The molecule has 22 heavy (non-hydrogen) atoms. The largest absolute Gasteiger partial charge is 0.445 e. The Bertz CT molecular complexity index is 623. The molecule has 1 fully saturated rings. The van der Waals surface area contributed by atoms with Crippen LogP contribution in [-0.2, 0) is 17.9 Å². The zero-order valence-electron chi connectivity index (χ0n) is 12.2. The number of carbonyl (C=O) groups excluding carboxylic acids is 1. The molecule has 2 aromatic carbocycles. The average Bonchev–Trinajstić information content (AvgIpc) is 3.38. The number of hydrogen-bond acceptors (Lipinski definition) is 2. The van der Waals surface area contributed by atoms with Crippen molar-refractivity contribution in [3.8, 4) is 0 Å².